The van der Waals surface area contributed by atoms with E-state index >= 15 is 0 Å². The van der Waals surface area contributed by atoms with Crippen LogP contribution in [0.15, 0.2) is 18.2 Å². The smallest absolute Gasteiger partial charge is 0.252 e. The molecule has 0 heterocycles. The van der Waals surface area contributed by atoms with Crippen LogP contribution in [0.3, 0.4) is 0 Å². The van der Waals surface area contributed by atoms with E-state index in [2.05, 4.69) is 5.32 Å². The third-order valence-corrected chi connectivity index (χ3v) is 2.13. The summed E-state index contributed by atoms with van der Waals surface area (Å²) in [5.41, 5.74) is 1.44. The summed E-state index contributed by atoms with van der Waals surface area (Å²) in [5, 5.41) is 10.9. The summed E-state index contributed by atoms with van der Waals surface area (Å²) >= 11 is 0. The minimum absolute atomic E-state index is 0.0160. The first-order valence-electron chi connectivity index (χ1n) is 5.47. The number of rotatable bonds is 4. The third kappa shape index (κ3) is 3.80. The predicted molar refractivity (Wildman–Crippen MR) is 64.9 cm³/mol. The number of hydrogen-bond acceptors (Lipinski definition) is 3. The average Bonchev–Trinajstić information content (AvgIpc) is 2.28. The highest BCUT2D eigenvalue weighted by atomic mass is 16.5. The number of aryl methyl sites for hydroxylation is 1. The van der Waals surface area contributed by atoms with E-state index in [1.807, 2.05) is 26.8 Å². The van der Waals surface area contributed by atoms with Gasteiger partial charge in [-0.1, -0.05) is 0 Å². The average molecular weight is 232 g/mol. The van der Waals surface area contributed by atoms with Crippen LogP contribution >= 0.6 is 0 Å². The van der Waals surface area contributed by atoms with Gasteiger partial charge in [0.25, 0.3) is 5.91 Å². The second-order valence-corrected chi connectivity index (χ2v) is 3.99. The van der Waals surface area contributed by atoms with Crippen LogP contribution < -0.4 is 10.1 Å². The van der Waals surface area contributed by atoms with Gasteiger partial charge in [-0.3, -0.25) is 4.79 Å². The standard InChI is InChI=1S/C13H16N2O2/c1-9(2)17-12-5-4-11(8-10(12)3)13(16)15-7-6-14/h4-5,8-9H,7H2,1-3H3,(H,15,16). The molecule has 0 aromatic heterocycles. The monoisotopic (exact) mass is 232 g/mol. The molecular formula is C13H16N2O2. The Balaban J connectivity index is 2.82. The molecular weight excluding hydrogens is 216 g/mol. The first kappa shape index (κ1) is 13.0. The van der Waals surface area contributed by atoms with Crippen LogP contribution in [0.1, 0.15) is 29.8 Å². The quantitative estimate of drug-likeness (QED) is 0.808. The van der Waals surface area contributed by atoms with Gasteiger partial charge in [0, 0.05) is 5.56 Å². The Bertz CT molecular complexity index is 447. The molecule has 0 saturated heterocycles. The normalized spacial score (nSPS) is 9.82. The summed E-state index contributed by atoms with van der Waals surface area (Å²) < 4.78 is 5.58. The van der Waals surface area contributed by atoms with Crippen LogP contribution in [-0.4, -0.2) is 18.6 Å². The molecule has 0 radical (unpaired) electrons. The van der Waals surface area contributed by atoms with Crippen molar-refractivity contribution in [3.8, 4) is 11.8 Å². The summed E-state index contributed by atoms with van der Waals surface area (Å²) in [6.07, 6.45) is 0.104. The Morgan fingerprint density at radius 1 is 1.53 bits per heavy atom. The number of carbonyl (C=O) groups excluding carboxylic acids is 1. The molecule has 0 spiro atoms. The zero-order chi connectivity index (χ0) is 12.8. The summed E-state index contributed by atoms with van der Waals surface area (Å²) in [6.45, 7) is 5.81. The van der Waals surface area contributed by atoms with E-state index < -0.39 is 0 Å². The summed E-state index contributed by atoms with van der Waals surface area (Å²) in [6, 6.07) is 7.08. The topological polar surface area (TPSA) is 62.1 Å². The Hall–Kier alpha value is -2.02. The van der Waals surface area contributed by atoms with Crippen LogP contribution in [0.4, 0.5) is 0 Å². The van der Waals surface area contributed by atoms with Gasteiger partial charge >= 0.3 is 0 Å². The Kier molecular flexibility index (Phi) is 4.53. The minimum atomic E-state index is -0.245. The molecule has 0 aliphatic heterocycles. The molecule has 90 valence electrons. The van der Waals surface area contributed by atoms with Crippen LogP contribution in [-0.2, 0) is 0 Å². The van der Waals surface area contributed by atoms with Crippen molar-refractivity contribution in [1.29, 1.82) is 5.26 Å². The zero-order valence-corrected chi connectivity index (χ0v) is 10.3. The summed E-state index contributed by atoms with van der Waals surface area (Å²) in [4.78, 5) is 11.6. The maximum Gasteiger partial charge on any atom is 0.252 e. The van der Waals surface area contributed by atoms with Crippen LogP contribution in [0.2, 0.25) is 0 Å². The molecule has 1 aromatic rings. The van der Waals surface area contributed by atoms with Gasteiger partial charge in [-0.25, -0.2) is 0 Å². The van der Waals surface area contributed by atoms with Crippen molar-refractivity contribution in [3.63, 3.8) is 0 Å². The van der Waals surface area contributed by atoms with E-state index in [4.69, 9.17) is 10.00 Å². The number of benzene rings is 1. The molecule has 17 heavy (non-hydrogen) atoms. The highest BCUT2D eigenvalue weighted by Crippen LogP contribution is 2.20. The van der Waals surface area contributed by atoms with E-state index in [9.17, 15) is 4.79 Å². The fraction of sp³-hybridized carbons (Fsp3) is 0.385. The number of amides is 1. The lowest BCUT2D eigenvalue weighted by Crippen LogP contribution is -2.23. The first-order valence-corrected chi connectivity index (χ1v) is 5.47. The SMILES string of the molecule is Cc1cc(C(=O)NCC#N)ccc1OC(C)C. The molecule has 0 unspecified atom stereocenters. The van der Waals surface area contributed by atoms with Gasteiger partial charge < -0.3 is 10.1 Å². The predicted octanol–water partition coefficient (Wildman–Crippen LogP) is 2.04. The second-order valence-electron chi connectivity index (χ2n) is 3.99. The van der Waals surface area contributed by atoms with Gasteiger partial charge in [-0.2, -0.15) is 5.26 Å². The fourth-order valence-electron chi connectivity index (χ4n) is 1.40. The van der Waals surface area contributed by atoms with E-state index in [1.54, 1.807) is 18.2 Å². The number of nitriles is 1. The second kappa shape index (κ2) is 5.90. The van der Waals surface area contributed by atoms with E-state index in [0.29, 0.717) is 5.56 Å². The molecule has 0 aliphatic rings. The van der Waals surface area contributed by atoms with Crippen LogP contribution in [0.5, 0.6) is 5.75 Å². The van der Waals surface area contributed by atoms with Gasteiger partial charge in [0.2, 0.25) is 0 Å². The van der Waals surface area contributed by atoms with Crippen molar-refractivity contribution in [3.05, 3.63) is 29.3 Å². The Morgan fingerprint density at radius 2 is 2.24 bits per heavy atom. The highest BCUT2D eigenvalue weighted by molar-refractivity contribution is 5.94. The Labute approximate surface area is 101 Å². The minimum Gasteiger partial charge on any atom is -0.491 e. The highest BCUT2D eigenvalue weighted by Gasteiger charge is 2.08. The van der Waals surface area contributed by atoms with Gasteiger partial charge in [0.05, 0.1) is 12.2 Å². The lowest BCUT2D eigenvalue weighted by molar-refractivity contribution is 0.0958. The van der Waals surface area contributed by atoms with Crippen molar-refractivity contribution in [2.75, 3.05) is 6.54 Å². The summed E-state index contributed by atoms with van der Waals surface area (Å²) in [5.74, 6) is 0.530. The lowest BCUT2D eigenvalue weighted by Gasteiger charge is -2.13. The zero-order valence-electron chi connectivity index (χ0n) is 10.3. The number of nitrogens with zero attached hydrogens (tertiary/aromatic N) is 1. The van der Waals surface area contributed by atoms with Crippen molar-refractivity contribution in [1.82, 2.24) is 5.32 Å². The molecule has 0 bridgehead atoms. The first-order chi connectivity index (χ1) is 8.04. The van der Waals surface area contributed by atoms with Gasteiger partial charge in [0.1, 0.15) is 12.3 Å². The van der Waals surface area contributed by atoms with Crippen molar-refractivity contribution < 1.29 is 9.53 Å². The molecule has 0 aliphatic carbocycles. The molecule has 1 amide bonds. The van der Waals surface area contributed by atoms with E-state index in [0.717, 1.165) is 11.3 Å². The van der Waals surface area contributed by atoms with Crippen molar-refractivity contribution in [2.45, 2.75) is 26.9 Å². The van der Waals surface area contributed by atoms with Gasteiger partial charge in [0.15, 0.2) is 0 Å². The van der Waals surface area contributed by atoms with Crippen LogP contribution in [0.25, 0.3) is 0 Å². The molecule has 4 nitrogen and oxygen atoms in total. The van der Waals surface area contributed by atoms with Crippen molar-refractivity contribution in [2.24, 2.45) is 0 Å². The van der Waals surface area contributed by atoms with Gasteiger partial charge in [-0.15, -0.1) is 0 Å². The molecule has 0 atom stereocenters. The number of nitrogens with one attached hydrogen (secondary N) is 1. The molecule has 0 saturated carbocycles. The fourth-order valence-corrected chi connectivity index (χ4v) is 1.40. The van der Waals surface area contributed by atoms with Gasteiger partial charge in [-0.05, 0) is 44.5 Å². The molecule has 1 rings (SSSR count). The third-order valence-electron chi connectivity index (χ3n) is 2.13. The summed E-state index contributed by atoms with van der Waals surface area (Å²) in [7, 11) is 0. The number of ether oxygens (including phenoxy) is 1. The lowest BCUT2D eigenvalue weighted by atomic mass is 10.1. The van der Waals surface area contributed by atoms with E-state index in [-0.39, 0.29) is 18.6 Å². The molecule has 1 aromatic carbocycles. The maximum absolute atomic E-state index is 11.6. The largest absolute Gasteiger partial charge is 0.491 e. The maximum atomic E-state index is 11.6. The Morgan fingerprint density at radius 3 is 2.76 bits per heavy atom. The molecule has 4 heteroatoms. The number of hydrogen-bond donors (Lipinski definition) is 1. The van der Waals surface area contributed by atoms with Crippen molar-refractivity contribution >= 4 is 5.91 Å². The van der Waals surface area contributed by atoms with Crippen LogP contribution in [0, 0.1) is 18.3 Å². The molecule has 0 fully saturated rings. The number of carbonyl (C=O) groups is 1. The van der Waals surface area contributed by atoms with E-state index in [1.165, 1.54) is 0 Å². The molecule has 1 N–H and O–H groups in total.